The molecular formula is C19H20N2O5. The van der Waals surface area contributed by atoms with Crippen molar-refractivity contribution in [2.75, 3.05) is 6.61 Å². The van der Waals surface area contributed by atoms with Gasteiger partial charge in [0.1, 0.15) is 17.7 Å². The number of aliphatic hydroxyl groups excluding tert-OH is 1. The van der Waals surface area contributed by atoms with Crippen LogP contribution in [-0.2, 0) is 4.74 Å². The molecule has 136 valence electrons. The van der Waals surface area contributed by atoms with Crippen LogP contribution < -0.4 is 10.4 Å². The van der Waals surface area contributed by atoms with Crippen LogP contribution in [0.15, 0.2) is 45.7 Å². The van der Waals surface area contributed by atoms with Gasteiger partial charge in [-0.2, -0.15) is 4.98 Å². The van der Waals surface area contributed by atoms with Crippen molar-refractivity contribution < 1.29 is 19.0 Å². The normalized spacial score (nSPS) is 22.8. The van der Waals surface area contributed by atoms with Crippen LogP contribution in [0.4, 0.5) is 0 Å². The van der Waals surface area contributed by atoms with Gasteiger partial charge in [0.15, 0.2) is 0 Å². The minimum atomic E-state index is -0.591. The van der Waals surface area contributed by atoms with Gasteiger partial charge in [-0.05, 0) is 44.2 Å². The summed E-state index contributed by atoms with van der Waals surface area (Å²) in [5.74, 6) is 1.41. The summed E-state index contributed by atoms with van der Waals surface area (Å²) in [5.41, 5.74) is 0.685. The summed E-state index contributed by atoms with van der Waals surface area (Å²) in [5, 5.41) is 10.6. The summed E-state index contributed by atoms with van der Waals surface area (Å²) in [7, 11) is 0. The highest BCUT2D eigenvalue weighted by Gasteiger charge is 2.32. The smallest absolute Gasteiger partial charge is 0.353 e. The Morgan fingerprint density at radius 3 is 2.77 bits per heavy atom. The van der Waals surface area contributed by atoms with E-state index in [0.29, 0.717) is 24.2 Å². The highest BCUT2D eigenvalue weighted by Crippen LogP contribution is 2.30. The van der Waals surface area contributed by atoms with Gasteiger partial charge in [0.05, 0.1) is 24.2 Å². The quantitative estimate of drug-likeness (QED) is 0.773. The van der Waals surface area contributed by atoms with Gasteiger partial charge in [0, 0.05) is 18.2 Å². The highest BCUT2D eigenvalue weighted by atomic mass is 16.5. The van der Waals surface area contributed by atoms with Gasteiger partial charge < -0.3 is 19.0 Å². The number of fused-ring (bicyclic) bond motifs is 1. The number of aliphatic hydroxyl groups is 1. The Morgan fingerprint density at radius 2 is 2.12 bits per heavy atom. The summed E-state index contributed by atoms with van der Waals surface area (Å²) in [4.78, 5) is 16.3. The molecule has 4 rings (SSSR count). The molecule has 1 aliphatic rings. The van der Waals surface area contributed by atoms with Crippen LogP contribution in [-0.4, -0.2) is 33.5 Å². The molecule has 3 atom stereocenters. The van der Waals surface area contributed by atoms with E-state index in [1.165, 1.54) is 4.57 Å². The van der Waals surface area contributed by atoms with Crippen molar-refractivity contribution in [3.8, 4) is 17.1 Å². The van der Waals surface area contributed by atoms with Crippen molar-refractivity contribution >= 4 is 11.1 Å². The van der Waals surface area contributed by atoms with Crippen LogP contribution in [0.2, 0.25) is 0 Å². The molecule has 0 spiro atoms. The van der Waals surface area contributed by atoms with Crippen molar-refractivity contribution in [1.29, 1.82) is 0 Å². The van der Waals surface area contributed by atoms with Crippen LogP contribution in [0.25, 0.3) is 22.4 Å². The van der Waals surface area contributed by atoms with E-state index >= 15 is 0 Å². The largest absolute Gasteiger partial charge is 0.494 e. The van der Waals surface area contributed by atoms with E-state index in [0.717, 1.165) is 11.3 Å². The topological polar surface area (TPSA) is 86.7 Å². The van der Waals surface area contributed by atoms with Gasteiger partial charge in [-0.25, -0.2) is 4.79 Å². The fourth-order valence-corrected chi connectivity index (χ4v) is 3.13. The number of ether oxygens (including phenoxy) is 2. The fourth-order valence-electron chi connectivity index (χ4n) is 3.13. The predicted octanol–water partition coefficient (Wildman–Crippen LogP) is 2.72. The van der Waals surface area contributed by atoms with Crippen LogP contribution >= 0.6 is 0 Å². The van der Waals surface area contributed by atoms with E-state index in [9.17, 15) is 9.90 Å². The summed E-state index contributed by atoms with van der Waals surface area (Å²) < 4.78 is 18.2. The number of hydrogen-bond donors (Lipinski definition) is 1. The molecule has 0 radical (unpaired) electrons. The van der Waals surface area contributed by atoms with Gasteiger partial charge in [0.25, 0.3) is 0 Å². The molecule has 1 N–H and O–H groups in total. The molecule has 7 heteroatoms. The lowest BCUT2D eigenvalue weighted by atomic mass is 10.1. The molecule has 3 aromatic rings. The van der Waals surface area contributed by atoms with E-state index in [-0.39, 0.29) is 11.8 Å². The Hall–Kier alpha value is -2.64. The predicted molar refractivity (Wildman–Crippen MR) is 95.1 cm³/mol. The maximum atomic E-state index is 12.3. The lowest BCUT2D eigenvalue weighted by Gasteiger charge is -2.12. The number of furan rings is 1. The molecule has 1 saturated heterocycles. The fraction of sp³-hybridized carbons (Fsp3) is 0.368. The van der Waals surface area contributed by atoms with E-state index in [2.05, 4.69) is 4.98 Å². The van der Waals surface area contributed by atoms with Gasteiger partial charge in [-0.15, -0.1) is 0 Å². The molecule has 0 saturated carbocycles. The lowest BCUT2D eigenvalue weighted by Crippen LogP contribution is -2.26. The Kier molecular flexibility index (Phi) is 4.26. The average molecular weight is 356 g/mol. The first-order valence-corrected chi connectivity index (χ1v) is 8.64. The van der Waals surface area contributed by atoms with Crippen molar-refractivity contribution in [1.82, 2.24) is 9.55 Å². The van der Waals surface area contributed by atoms with Crippen LogP contribution in [0, 0.1) is 0 Å². The van der Waals surface area contributed by atoms with Crippen molar-refractivity contribution in [2.45, 2.75) is 38.7 Å². The first kappa shape index (κ1) is 16.8. The third-order valence-corrected chi connectivity index (χ3v) is 4.55. The standard InChI is InChI=1S/C19H20N2O5/c1-3-24-14-6-4-12(5-7-14)16-8-13-10-21(19(23)20-18(13)26-16)17-9-15(22)11(2)25-17/h4-8,10-11,15,17,22H,3,9H2,1-2H3/t11?,15-,17+/m0/s1. The summed E-state index contributed by atoms with van der Waals surface area (Å²) >= 11 is 0. The molecule has 1 aliphatic heterocycles. The first-order chi connectivity index (χ1) is 12.5. The minimum Gasteiger partial charge on any atom is -0.494 e. The molecule has 0 aliphatic carbocycles. The summed E-state index contributed by atoms with van der Waals surface area (Å²) in [6.45, 7) is 4.32. The molecule has 1 unspecified atom stereocenters. The molecule has 3 heterocycles. The van der Waals surface area contributed by atoms with Crippen LogP contribution in [0.1, 0.15) is 26.5 Å². The second-order valence-corrected chi connectivity index (χ2v) is 6.36. The second-order valence-electron chi connectivity index (χ2n) is 6.36. The Balaban J connectivity index is 1.68. The molecule has 0 bridgehead atoms. The zero-order chi connectivity index (χ0) is 18.3. The number of rotatable bonds is 4. The Morgan fingerprint density at radius 1 is 1.35 bits per heavy atom. The molecular weight excluding hydrogens is 336 g/mol. The number of nitrogens with zero attached hydrogens (tertiary/aromatic N) is 2. The van der Waals surface area contributed by atoms with E-state index in [1.807, 2.05) is 37.3 Å². The van der Waals surface area contributed by atoms with Crippen LogP contribution in [0.5, 0.6) is 5.75 Å². The first-order valence-electron chi connectivity index (χ1n) is 8.64. The zero-order valence-electron chi connectivity index (χ0n) is 14.6. The van der Waals surface area contributed by atoms with E-state index in [4.69, 9.17) is 13.9 Å². The van der Waals surface area contributed by atoms with E-state index in [1.54, 1.807) is 13.1 Å². The summed E-state index contributed by atoms with van der Waals surface area (Å²) in [6.07, 6.45) is 0.602. The number of hydrogen-bond acceptors (Lipinski definition) is 6. The minimum absolute atomic E-state index is 0.279. The van der Waals surface area contributed by atoms with Crippen molar-refractivity contribution in [3.05, 3.63) is 47.0 Å². The second kappa shape index (κ2) is 6.59. The Bertz CT molecular complexity index is 966. The molecule has 2 aromatic heterocycles. The molecule has 0 amide bonds. The highest BCUT2D eigenvalue weighted by molar-refractivity contribution is 5.79. The zero-order valence-corrected chi connectivity index (χ0v) is 14.6. The maximum Gasteiger partial charge on any atom is 0.353 e. The van der Waals surface area contributed by atoms with Gasteiger partial charge >= 0.3 is 5.69 Å². The molecule has 26 heavy (non-hydrogen) atoms. The average Bonchev–Trinajstić information content (AvgIpc) is 3.18. The lowest BCUT2D eigenvalue weighted by molar-refractivity contribution is -0.00984. The monoisotopic (exact) mass is 356 g/mol. The van der Waals surface area contributed by atoms with Crippen molar-refractivity contribution in [2.24, 2.45) is 0 Å². The van der Waals surface area contributed by atoms with Gasteiger partial charge in [-0.3, -0.25) is 4.57 Å². The number of aromatic nitrogens is 2. The van der Waals surface area contributed by atoms with Gasteiger partial charge in [-0.1, -0.05) is 0 Å². The van der Waals surface area contributed by atoms with Crippen LogP contribution in [0.3, 0.4) is 0 Å². The molecule has 7 nitrogen and oxygen atoms in total. The molecule has 1 aromatic carbocycles. The van der Waals surface area contributed by atoms with Crippen molar-refractivity contribution in [3.63, 3.8) is 0 Å². The maximum absolute atomic E-state index is 12.3. The Labute approximate surface area is 149 Å². The third kappa shape index (κ3) is 3.00. The molecule has 1 fully saturated rings. The SMILES string of the molecule is CCOc1ccc(-c2cc3cn([C@H]4C[C@H](O)C(C)O4)c(=O)nc3o2)cc1. The number of benzene rings is 1. The van der Waals surface area contributed by atoms with E-state index < -0.39 is 18.0 Å². The summed E-state index contributed by atoms with van der Waals surface area (Å²) in [6, 6.07) is 9.37. The third-order valence-electron chi connectivity index (χ3n) is 4.55. The van der Waals surface area contributed by atoms with Gasteiger partial charge in [0.2, 0.25) is 5.71 Å².